The predicted molar refractivity (Wildman–Crippen MR) is 41.2 cm³/mol. The van der Waals surface area contributed by atoms with Gasteiger partial charge >= 0.3 is 0 Å². The van der Waals surface area contributed by atoms with E-state index in [1.165, 1.54) is 12.2 Å². The smallest absolute Gasteiger partial charge is 0.0845 e. The Bertz CT molecular complexity index is 156. The number of hydrogen-bond donors (Lipinski definition) is 1. The van der Waals surface area contributed by atoms with Crippen LogP contribution in [0.2, 0.25) is 0 Å². The van der Waals surface area contributed by atoms with E-state index in [1.807, 2.05) is 0 Å². The minimum Gasteiger partial charge on any atom is -0.397 e. The van der Waals surface area contributed by atoms with Gasteiger partial charge in [-0.05, 0) is 18.9 Å². The average Bonchev–Trinajstić information content (AvgIpc) is 1.90. The quantitative estimate of drug-likeness (QED) is 0.443. The van der Waals surface area contributed by atoms with Crippen molar-refractivity contribution in [3.05, 3.63) is 36.7 Å². The summed E-state index contributed by atoms with van der Waals surface area (Å²) >= 11 is 0. The second-order valence-electron chi connectivity index (χ2n) is 1.41. The second-order valence-corrected chi connectivity index (χ2v) is 1.41. The lowest BCUT2D eigenvalue weighted by Gasteiger charge is -1.93. The van der Waals surface area contributed by atoms with E-state index in [2.05, 4.69) is 24.9 Å². The van der Waals surface area contributed by atoms with Crippen LogP contribution in [0.15, 0.2) is 41.7 Å². The lowest BCUT2D eigenvalue weighted by Crippen LogP contribution is -1.95. The van der Waals surface area contributed by atoms with Crippen LogP contribution < -0.4 is 5.73 Å². The van der Waals surface area contributed by atoms with Crippen LogP contribution >= 0.6 is 0 Å². The van der Waals surface area contributed by atoms with Gasteiger partial charge in [0, 0.05) is 0 Å². The summed E-state index contributed by atoms with van der Waals surface area (Å²) in [6.45, 7) is 10.2. The maximum absolute atomic E-state index is 5.39. The Morgan fingerprint density at radius 1 is 1.33 bits per heavy atom. The lowest BCUT2D eigenvalue weighted by molar-refractivity contribution is 1.29. The molecule has 0 amide bonds. The molecule has 0 saturated heterocycles. The van der Waals surface area contributed by atoms with Crippen LogP contribution in [0.4, 0.5) is 0 Å². The molecular weight excluding hydrogens is 112 g/mol. The largest absolute Gasteiger partial charge is 0.397 e. The summed E-state index contributed by atoms with van der Waals surface area (Å²) in [5.74, 6) is 0. The molecule has 0 unspecified atom stereocenters. The molecule has 2 N–H and O–H groups in total. The minimum absolute atomic E-state index is 0.500. The van der Waals surface area contributed by atoms with Gasteiger partial charge in [-0.25, -0.2) is 0 Å². The number of nitrogens with zero attached hydrogens (tertiary/aromatic N) is 1. The zero-order chi connectivity index (χ0) is 7.28. The molecule has 48 valence electrons. The standard InChI is InChI=1S/C7H10N2/c1-4-6(8)7(5-2)9-3/h4-5H,1-3,8H2/b7-6-. The van der Waals surface area contributed by atoms with Crippen LogP contribution in [0.3, 0.4) is 0 Å². The first-order valence-electron chi connectivity index (χ1n) is 2.47. The van der Waals surface area contributed by atoms with Gasteiger partial charge in [0.25, 0.3) is 0 Å². The third-order valence-electron chi connectivity index (χ3n) is 0.879. The zero-order valence-electron chi connectivity index (χ0n) is 5.30. The molecule has 0 bridgehead atoms. The van der Waals surface area contributed by atoms with Gasteiger partial charge in [0.1, 0.15) is 0 Å². The molecule has 0 aliphatic rings. The number of nitrogens with two attached hydrogens (primary N) is 1. The van der Waals surface area contributed by atoms with Crippen molar-refractivity contribution in [2.24, 2.45) is 10.7 Å². The fourth-order valence-corrected chi connectivity index (χ4v) is 0.378. The highest BCUT2D eigenvalue weighted by molar-refractivity contribution is 5.37. The number of aliphatic imine (C=N–C) groups is 1. The third-order valence-corrected chi connectivity index (χ3v) is 0.879. The molecule has 0 aliphatic carbocycles. The average molecular weight is 122 g/mol. The molecule has 0 aliphatic heterocycles. The number of allylic oxidation sites excluding steroid dienone is 2. The number of hydrogen-bond acceptors (Lipinski definition) is 2. The molecular formula is C7H10N2. The van der Waals surface area contributed by atoms with Gasteiger partial charge in [-0.1, -0.05) is 13.2 Å². The molecule has 0 heterocycles. The predicted octanol–water partition coefficient (Wildman–Crippen LogP) is 1.23. The minimum atomic E-state index is 0.500. The molecule has 0 aromatic rings. The van der Waals surface area contributed by atoms with Crippen LogP contribution in [0.1, 0.15) is 0 Å². The van der Waals surface area contributed by atoms with Gasteiger partial charge in [-0.3, -0.25) is 4.99 Å². The van der Waals surface area contributed by atoms with Gasteiger partial charge in [0.05, 0.1) is 11.4 Å². The van der Waals surface area contributed by atoms with Crippen molar-refractivity contribution in [2.75, 3.05) is 0 Å². The summed E-state index contributed by atoms with van der Waals surface area (Å²) in [4.78, 5) is 3.59. The zero-order valence-corrected chi connectivity index (χ0v) is 5.30. The van der Waals surface area contributed by atoms with Crippen LogP contribution in [0, 0.1) is 0 Å². The number of rotatable bonds is 3. The van der Waals surface area contributed by atoms with E-state index < -0.39 is 0 Å². The highest BCUT2D eigenvalue weighted by atomic mass is 14.7. The van der Waals surface area contributed by atoms with E-state index in [9.17, 15) is 0 Å². The van der Waals surface area contributed by atoms with Crippen molar-refractivity contribution < 1.29 is 0 Å². The van der Waals surface area contributed by atoms with Gasteiger partial charge in [0.15, 0.2) is 0 Å². The summed E-state index contributed by atoms with van der Waals surface area (Å²) < 4.78 is 0. The first-order valence-corrected chi connectivity index (χ1v) is 2.47. The first kappa shape index (κ1) is 7.69. The van der Waals surface area contributed by atoms with Crippen LogP contribution in [0.5, 0.6) is 0 Å². The van der Waals surface area contributed by atoms with Gasteiger partial charge in [0.2, 0.25) is 0 Å². The van der Waals surface area contributed by atoms with Crippen molar-refractivity contribution in [3.63, 3.8) is 0 Å². The lowest BCUT2D eigenvalue weighted by atomic mass is 10.3. The van der Waals surface area contributed by atoms with Crippen LogP contribution in [0.25, 0.3) is 0 Å². The molecule has 2 heteroatoms. The van der Waals surface area contributed by atoms with Crippen molar-refractivity contribution in [3.8, 4) is 0 Å². The molecule has 0 saturated carbocycles. The Kier molecular flexibility index (Phi) is 3.13. The van der Waals surface area contributed by atoms with Gasteiger partial charge in [-0.15, -0.1) is 0 Å². The van der Waals surface area contributed by atoms with E-state index in [4.69, 9.17) is 5.73 Å². The summed E-state index contributed by atoms with van der Waals surface area (Å²) in [6, 6.07) is 0. The summed E-state index contributed by atoms with van der Waals surface area (Å²) in [7, 11) is 0. The van der Waals surface area contributed by atoms with E-state index >= 15 is 0 Å². The Morgan fingerprint density at radius 3 is 2.00 bits per heavy atom. The molecule has 0 radical (unpaired) electrons. The van der Waals surface area contributed by atoms with Crippen LogP contribution in [-0.4, -0.2) is 6.72 Å². The SMILES string of the molecule is C=C/C(N)=C(\C=C)N=C. The maximum Gasteiger partial charge on any atom is 0.0845 e. The highest BCUT2D eigenvalue weighted by Gasteiger charge is 1.87. The van der Waals surface area contributed by atoms with E-state index in [-0.39, 0.29) is 0 Å². The fraction of sp³-hybridized carbons (Fsp3) is 0. The van der Waals surface area contributed by atoms with E-state index in [0.29, 0.717) is 11.4 Å². The molecule has 2 nitrogen and oxygen atoms in total. The van der Waals surface area contributed by atoms with E-state index in [1.54, 1.807) is 0 Å². The molecule has 0 aromatic heterocycles. The van der Waals surface area contributed by atoms with Crippen molar-refractivity contribution >= 4 is 6.72 Å². The molecule has 0 fully saturated rings. The Labute approximate surface area is 55.1 Å². The van der Waals surface area contributed by atoms with E-state index in [0.717, 1.165) is 0 Å². The summed E-state index contributed by atoms with van der Waals surface area (Å²) in [6.07, 6.45) is 3.04. The maximum atomic E-state index is 5.39. The molecule has 0 aromatic carbocycles. The summed E-state index contributed by atoms with van der Waals surface area (Å²) in [5, 5.41) is 0. The Balaban J connectivity index is 4.56. The Hall–Kier alpha value is -1.31. The normalized spacial score (nSPS) is 11.6. The molecule has 0 atom stereocenters. The molecule has 9 heavy (non-hydrogen) atoms. The molecule has 0 spiro atoms. The van der Waals surface area contributed by atoms with Crippen molar-refractivity contribution in [1.29, 1.82) is 0 Å². The topological polar surface area (TPSA) is 38.4 Å². The Morgan fingerprint density at radius 2 is 1.89 bits per heavy atom. The van der Waals surface area contributed by atoms with Crippen LogP contribution in [-0.2, 0) is 0 Å². The molecule has 0 rings (SSSR count). The summed E-state index contributed by atoms with van der Waals surface area (Å²) in [5.41, 5.74) is 6.47. The van der Waals surface area contributed by atoms with Crippen molar-refractivity contribution in [1.82, 2.24) is 0 Å². The second kappa shape index (κ2) is 3.66. The fourth-order valence-electron chi connectivity index (χ4n) is 0.378. The van der Waals surface area contributed by atoms with Crippen molar-refractivity contribution in [2.45, 2.75) is 0 Å². The van der Waals surface area contributed by atoms with Gasteiger partial charge < -0.3 is 5.73 Å². The highest BCUT2D eigenvalue weighted by Crippen LogP contribution is 2.00. The van der Waals surface area contributed by atoms with Gasteiger partial charge in [-0.2, -0.15) is 0 Å². The first-order chi connectivity index (χ1) is 4.26. The monoisotopic (exact) mass is 122 g/mol. The third kappa shape index (κ3) is 1.95.